The predicted octanol–water partition coefficient (Wildman–Crippen LogP) is 1.38. The zero-order chi connectivity index (χ0) is 15.4. The van der Waals surface area contributed by atoms with Crippen LogP contribution in [-0.4, -0.2) is 21.9 Å². The molecule has 0 saturated carbocycles. The highest BCUT2D eigenvalue weighted by atomic mass is 35.5. The Bertz CT molecular complexity index is 770. The Morgan fingerprint density at radius 2 is 2.05 bits per heavy atom. The van der Waals surface area contributed by atoms with Gasteiger partial charge in [0, 0.05) is 23.4 Å². The van der Waals surface area contributed by atoms with Gasteiger partial charge in [0.25, 0.3) is 5.91 Å². The summed E-state index contributed by atoms with van der Waals surface area (Å²) in [5.41, 5.74) is 5.94. The lowest BCUT2D eigenvalue weighted by Crippen LogP contribution is -2.17. The van der Waals surface area contributed by atoms with Gasteiger partial charge < -0.3 is 21.2 Å². The number of halogens is 1. The van der Waals surface area contributed by atoms with E-state index in [0.717, 1.165) is 6.07 Å². The topological polar surface area (TPSA) is 121 Å². The number of rotatable bonds is 3. The quantitative estimate of drug-likeness (QED) is 0.296. The fourth-order valence-electron chi connectivity index (χ4n) is 1.62. The van der Waals surface area contributed by atoms with E-state index in [9.17, 15) is 9.59 Å². The number of hydrogen-bond donors (Lipinski definition) is 4. The summed E-state index contributed by atoms with van der Waals surface area (Å²) in [5, 5.41) is 14.4. The number of hydrogen-bond acceptors (Lipinski definition) is 4. The van der Waals surface area contributed by atoms with Gasteiger partial charge in [-0.05, 0) is 24.3 Å². The number of nitrogens with two attached hydrogens (primary N) is 1. The first kappa shape index (κ1) is 14.6. The molecule has 21 heavy (non-hydrogen) atoms. The minimum atomic E-state index is -0.500. The van der Waals surface area contributed by atoms with Crippen LogP contribution in [0.4, 0.5) is 5.69 Å². The van der Waals surface area contributed by atoms with Crippen molar-refractivity contribution >= 4 is 29.0 Å². The second-order valence-corrected chi connectivity index (χ2v) is 4.48. The summed E-state index contributed by atoms with van der Waals surface area (Å²) in [6.45, 7) is 0. The third-order valence-electron chi connectivity index (χ3n) is 2.66. The molecule has 1 heterocycles. The monoisotopic (exact) mass is 306 g/mol. The van der Waals surface area contributed by atoms with Gasteiger partial charge in [0.05, 0.1) is 10.7 Å². The summed E-state index contributed by atoms with van der Waals surface area (Å²) in [4.78, 5) is 25.6. The zero-order valence-electron chi connectivity index (χ0n) is 10.6. The van der Waals surface area contributed by atoms with Crippen LogP contribution in [0.25, 0.3) is 0 Å². The Kier molecular flexibility index (Phi) is 4.24. The van der Waals surface area contributed by atoms with Crippen LogP contribution in [0, 0.1) is 0 Å². The second-order valence-electron chi connectivity index (χ2n) is 4.08. The summed E-state index contributed by atoms with van der Waals surface area (Å²) < 4.78 is 0. The number of amides is 1. The molecule has 5 N–H and O–H groups in total. The SMILES string of the molecule is N/C(=N/O)c1ccc(Cl)c(NC(=O)c2cc[nH]c(=O)c2)c1. The molecule has 0 saturated heterocycles. The lowest BCUT2D eigenvalue weighted by atomic mass is 10.1. The molecule has 7 nitrogen and oxygen atoms in total. The predicted molar refractivity (Wildman–Crippen MR) is 79.0 cm³/mol. The van der Waals surface area contributed by atoms with Crippen molar-refractivity contribution in [2.75, 3.05) is 5.32 Å². The van der Waals surface area contributed by atoms with E-state index in [1.807, 2.05) is 0 Å². The summed E-state index contributed by atoms with van der Waals surface area (Å²) >= 11 is 5.98. The Morgan fingerprint density at radius 3 is 2.71 bits per heavy atom. The number of carbonyl (C=O) groups is 1. The van der Waals surface area contributed by atoms with Gasteiger partial charge in [0.15, 0.2) is 5.84 Å². The molecule has 1 amide bonds. The third kappa shape index (κ3) is 3.40. The molecule has 0 aliphatic rings. The van der Waals surface area contributed by atoms with Crippen LogP contribution in [-0.2, 0) is 0 Å². The molecule has 0 spiro atoms. The number of carbonyl (C=O) groups excluding carboxylic acids is 1. The number of oxime groups is 1. The highest BCUT2D eigenvalue weighted by Gasteiger charge is 2.11. The number of H-pyrrole nitrogens is 1. The van der Waals surface area contributed by atoms with E-state index in [4.69, 9.17) is 22.5 Å². The van der Waals surface area contributed by atoms with Crippen molar-refractivity contribution in [3.8, 4) is 0 Å². The first-order valence-electron chi connectivity index (χ1n) is 5.79. The molecule has 0 unspecified atom stereocenters. The van der Waals surface area contributed by atoms with Gasteiger partial charge in [-0.25, -0.2) is 0 Å². The maximum Gasteiger partial charge on any atom is 0.255 e. The molecule has 0 fully saturated rings. The van der Waals surface area contributed by atoms with Gasteiger partial charge in [0.1, 0.15) is 0 Å². The van der Waals surface area contributed by atoms with E-state index in [0.29, 0.717) is 5.56 Å². The molecule has 2 rings (SSSR count). The van der Waals surface area contributed by atoms with Crippen molar-refractivity contribution in [2.45, 2.75) is 0 Å². The molecule has 8 heteroatoms. The van der Waals surface area contributed by atoms with Gasteiger partial charge in [-0.3, -0.25) is 9.59 Å². The Labute approximate surface area is 124 Å². The van der Waals surface area contributed by atoms with E-state index >= 15 is 0 Å². The van der Waals surface area contributed by atoms with E-state index in [1.54, 1.807) is 6.07 Å². The lowest BCUT2D eigenvalue weighted by molar-refractivity contribution is 0.102. The maximum atomic E-state index is 12.0. The van der Waals surface area contributed by atoms with Crippen LogP contribution in [0.15, 0.2) is 46.5 Å². The molecular formula is C13H11ClN4O3. The van der Waals surface area contributed by atoms with Crippen molar-refractivity contribution in [1.29, 1.82) is 0 Å². The molecule has 0 bridgehead atoms. The number of aromatic amines is 1. The van der Waals surface area contributed by atoms with Crippen molar-refractivity contribution in [3.05, 3.63) is 63.0 Å². The van der Waals surface area contributed by atoms with Gasteiger partial charge in [-0.15, -0.1) is 0 Å². The Balaban J connectivity index is 2.31. The third-order valence-corrected chi connectivity index (χ3v) is 2.98. The van der Waals surface area contributed by atoms with Crippen LogP contribution in [0.5, 0.6) is 0 Å². The Morgan fingerprint density at radius 1 is 1.29 bits per heavy atom. The highest BCUT2D eigenvalue weighted by molar-refractivity contribution is 6.34. The van der Waals surface area contributed by atoms with E-state index in [1.165, 1.54) is 24.4 Å². The van der Waals surface area contributed by atoms with Crippen molar-refractivity contribution in [2.24, 2.45) is 10.9 Å². The summed E-state index contributed by atoms with van der Waals surface area (Å²) in [5.74, 6) is -0.613. The molecular weight excluding hydrogens is 296 g/mol. The number of aromatic nitrogens is 1. The molecule has 108 valence electrons. The maximum absolute atomic E-state index is 12.0. The average molecular weight is 307 g/mol. The summed E-state index contributed by atoms with van der Waals surface area (Å²) in [7, 11) is 0. The lowest BCUT2D eigenvalue weighted by Gasteiger charge is -2.09. The summed E-state index contributed by atoms with van der Waals surface area (Å²) in [6, 6.07) is 7.12. The normalized spacial score (nSPS) is 11.2. The number of nitrogens with zero attached hydrogens (tertiary/aromatic N) is 1. The fourth-order valence-corrected chi connectivity index (χ4v) is 1.78. The van der Waals surface area contributed by atoms with Crippen molar-refractivity contribution in [1.82, 2.24) is 4.98 Å². The molecule has 0 atom stereocenters. The molecule has 0 radical (unpaired) electrons. The van der Waals surface area contributed by atoms with Crippen molar-refractivity contribution in [3.63, 3.8) is 0 Å². The first-order chi connectivity index (χ1) is 10.0. The number of nitrogens with one attached hydrogen (secondary N) is 2. The van der Waals surface area contributed by atoms with Crippen LogP contribution >= 0.6 is 11.6 Å². The smallest absolute Gasteiger partial charge is 0.255 e. The number of benzene rings is 1. The van der Waals surface area contributed by atoms with Gasteiger partial charge in [-0.1, -0.05) is 16.8 Å². The second kappa shape index (κ2) is 6.10. The van der Waals surface area contributed by atoms with Crippen LogP contribution < -0.4 is 16.6 Å². The first-order valence-corrected chi connectivity index (χ1v) is 6.16. The van der Waals surface area contributed by atoms with E-state index in [2.05, 4.69) is 15.5 Å². The minimum absolute atomic E-state index is 0.113. The van der Waals surface area contributed by atoms with Gasteiger partial charge in [-0.2, -0.15) is 0 Å². The average Bonchev–Trinajstić information content (AvgIpc) is 2.48. The number of pyridine rings is 1. The van der Waals surface area contributed by atoms with Gasteiger partial charge >= 0.3 is 0 Å². The standard InChI is InChI=1S/C13H11ClN4O3/c14-9-2-1-7(12(15)18-21)5-10(9)17-13(20)8-3-4-16-11(19)6-8/h1-6,21H,(H2,15,18)(H,16,19)(H,17,20). The van der Waals surface area contributed by atoms with E-state index in [-0.39, 0.29) is 27.7 Å². The largest absolute Gasteiger partial charge is 0.409 e. The molecule has 0 aliphatic carbocycles. The molecule has 2 aromatic rings. The minimum Gasteiger partial charge on any atom is -0.409 e. The number of amidine groups is 1. The Hall–Kier alpha value is -2.80. The highest BCUT2D eigenvalue weighted by Crippen LogP contribution is 2.23. The zero-order valence-corrected chi connectivity index (χ0v) is 11.4. The van der Waals surface area contributed by atoms with E-state index < -0.39 is 5.91 Å². The van der Waals surface area contributed by atoms with Crippen LogP contribution in [0.1, 0.15) is 15.9 Å². The molecule has 1 aromatic carbocycles. The fraction of sp³-hybridized carbons (Fsp3) is 0. The number of anilines is 1. The van der Waals surface area contributed by atoms with Crippen LogP contribution in [0.2, 0.25) is 5.02 Å². The van der Waals surface area contributed by atoms with Crippen molar-refractivity contribution < 1.29 is 10.0 Å². The molecule has 1 aromatic heterocycles. The summed E-state index contributed by atoms with van der Waals surface area (Å²) in [6.07, 6.45) is 1.37. The van der Waals surface area contributed by atoms with Gasteiger partial charge in [0.2, 0.25) is 5.56 Å². The van der Waals surface area contributed by atoms with Crippen LogP contribution in [0.3, 0.4) is 0 Å². The molecule has 0 aliphatic heterocycles.